The third-order valence-electron chi connectivity index (χ3n) is 5.11. The van der Waals surface area contributed by atoms with Crippen molar-refractivity contribution in [2.24, 2.45) is 11.8 Å². The smallest absolute Gasteiger partial charge is 0.228 e. The van der Waals surface area contributed by atoms with Gasteiger partial charge in [0.05, 0.1) is 18.9 Å². The number of carbonyl (C=O) groups is 2. The quantitative estimate of drug-likeness (QED) is 0.855. The largest absolute Gasteiger partial charge is 0.497 e. The number of hydrogen-bond acceptors (Lipinski definition) is 3. The number of allylic oxidation sites excluding steroid dienone is 2. The van der Waals surface area contributed by atoms with Gasteiger partial charge < -0.3 is 15.0 Å². The number of rotatable bonds is 4. The molecule has 2 amide bonds. The Kier molecular flexibility index (Phi) is 5.74. The summed E-state index contributed by atoms with van der Waals surface area (Å²) in [5.41, 5.74) is 0.726. The number of anilines is 1. The third kappa shape index (κ3) is 4.21. The molecule has 2 atom stereocenters. The van der Waals surface area contributed by atoms with Crippen LogP contribution in [0.5, 0.6) is 5.75 Å². The number of hydrogen-bond donors (Lipinski definition) is 1. The molecule has 0 radical (unpaired) electrons. The van der Waals surface area contributed by atoms with Gasteiger partial charge in [0.25, 0.3) is 0 Å². The molecule has 1 heterocycles. The van der Waals surface area contributed by atoms with Gasteiger partial charge in [0.15, 0.2) is 0 Å². The number of carbonyl (C=O) groups excluding carboxylic acids is 2. The Morgan fingerprint density at radius 1 is 1.00 bits per heavy atom. The number of ether oxygens (including phenoxy) is 1. The Labute approximate surface area is 149 Å². The maximum absolute atomic E-state index is 12.9. The van der Waals surface area contributed by atoms with Crippen LogP contribution in [0.3, 0.4) is 0 Å². The van der Waals surface area contributed by atoms with E-state index in [1.54, 1.807) is 7.11 Å². The molecule has 0 unspecified atom stereocenters. The molecule has 0 spiro atoms. The van der Waals surface area contributed by atoms with Gasteiger partial charge in [0.1, 0.15) is 5.75 Å². The first-order valence-electron chi connectivity index (χ1n) is 9.08. The molecular weight excluding hydrogens is 316 g/mol. The molecule has 0 saturated carbocycles. The van der Waals surface area contributed by atoms with Crippen molar-refractivity contribution < 1.29 is 14.3 Å². The van der Waals surface area contributed by atoms with E-state index in [1.165, 1.54) is 6.42 Å². The van der Waals surface area contributed by atoms with Crippen molar-refractivity contribution in [2.45, 2.75) is 32.1 Å². The summed E-state index contributed by atoms with van der Waals surface area (Å²) in [5.74, 6) is 0.253. The predicted octanol–water partition coefficient (Wildman–Crippen LogP) is 3.23. The molecular formula is C20H26N2O3. The van der Waals surface area contributed by atoms with Gasteiger partial charge in [-0.3, -0.25) is 9.59 Å². The first-order valence-corrected chi connectivity index (χ1v) is 9.08. The number of amides is 2. The average Bonchev–Trinajstić information content (AvgIpc) is 2.68. The zero-order valence-electron chi connectivity index (χ0n) is 14.7. The van der Waals surface area contributed by atoms with Crippen LogP contribution < -0.4 is 10.1 Å². The molecule has 0 aromatic heterocycles. The number of nitrogens with zero attached hydrogens (tertiary/aromatic N) is 1. The van der Waals surface area contributed by atoms with Gasteiger partial charge in [-0.25, -0.2) is 0 Å². The molecule has 5 heteroatoms. The number of piperidine rings is 1. The Hall–Kier alpha value is -2.30. The standard InChI is InChI=1S/C20H26N2O3/c1-25-16-11-9-15(10-12-16)21-19(23)17-7-3-4-8-18(17)20(24)22-13-5-2-6-14-22/h3-4,9-12,17-18H,2,5-8,13-14H2,1H3,(H,21,23)/t17-,18+/m1/s1. The second kappa shape index (κ2) is 8.19. The van der Waals surface area contributed by atoms with Crippen molar-refractivity contribution in [3.05, 3.63) is 36.4 Å². The Morgan fingerprint density at radius 2 is 1.64 bits per heavy atom. The highest BCUT2D eigenvalue weighted by Gasteiger charge is 2.36. The lowest BCUT2D eigenvalue weighted by molar-refractivity contribution is -0.141. The third-order valence-corrected chi connectivity index (χ3v) is 5.11. The minimum absolute atomic E-state index is 0.0788. The van der Waals surface area contributed by atoms with Crippen molar-refractivity contribution in [3.63, 3.8) is 0 Å². The van der Waals surface area contributed by atoms with Crippen LogP contribution in [0.1, 0.15) is 32.1 Å². The highest BCUT2D eigenvalue weighted by Crippen LogP contribution is 2.30. The first-order chi connectivity index (χ1) is 12.2. The van der Waals surface area contributed by atoms with Crippen LogP contribution in [0.25, 0.3) is 0 Å². The zero-order chi connectivity index (χ0) is 17.6. The summed E-state index contributed by atoms with van der Waals surface area (Å²) < 4.78 is 5.13. The van der Waals surface area contributed by atoms with Crippen LogP contribution in [-0.2, 0) is 9.59 Å². The Morgan fingerprint density at radius 3 is 2.28 bits per heavy atom. The lowest BCUT2D eigenvalue weighted by Crippen LogP contribution is -2.45. The van der Waals surface area contributed by atoms with Crippen molar-refractivity contribution in [2.75, 3.05) is 25.5 Å². The monoisotopic (exact) mass is 342 g/mol. The van der Waals surface area contributed by atoms with E-state index in [2.05, 4.69) is 5.32 Å². The zero-order valence-corrected chi connectivity index (χ0v) is 14.7. The fourth-order valence-electron chi connectivity index (χ4n) is 3.63. The van der Waals surface area contributed by atoms with Gasteiger partial charge in [-0.05, 0) is 56.4 Å². The molecule has 0 bridgehead atoms. The summed E-state index contributed by atoms with van der Waals surface area (Å²) in [4.78, 5) is 27.6. The topological polar surface area (TPSA) is 58.6 Å². The number of methoxy groups -OCH3 is 1. The molecule has 1 aromatic rings. The number of nitrogens with one attached hydrogen (secondary N) is 1. The molecule has 134 valence electrons. The normalized spacial score (nSPS) is 23.2. The summed E-state index contributed by atoms with van der Waals surface area (Å²) >= 11 is 0. The summed E-state index contributed by atoms with van der Waals surface area (Å²) in [6.45, 7) is 1.65. The van der Waals surface area contributed by atoms with Crippen LogP contribution in [0.15, 0.2) is 36.4 Å². The van der Waals surface area contributed by atoms with E-state index < -0.39 is 0 Å². The average molecular weight is 342 g/mol. The minimum atomic E-state index is -0.304. The van der Waals surface area contributed by atoms with Gasteiger partial charge >= 0.3 is 0 Å². The molecule has 1 saturated heterocycles. The van der Waals surface area contributed by atoms with E-state index in [0.717, 1.165) is 37.4 Å². The van der Waals surface area contributed by atoms with E-state index >= 15 is 0 Å². The fourth-order valence-corrected chi connectivity index (χ4v) is 3.63. The SMILES string of the molecule is COc1ccc(NC(=O)[C@@H]2CC=CC[C@@H]2C(=O)N2CCCCC2)cc1. The number of benzene rings is 1. The summed E-state index contributed by atoms with van der Waals surface area (Å²) in [5, 5.41) is 2.95. The fraction of sp³-hybridized carbons (Fsp3) is 0.500. The van der Waals surface area contributed by atoms with Crippen LogP contribution in [0, 0.1) is 11.8 Å². The first kappa shape index (κ1) is 17.5. The van der Waals surface area contributed by atoms with E-state index in [1.807, 2.05) is 41.3 Å². The lowest BCUT2D eigenvalue weighted by Gasteiger charge is -2.34. The van der Waals surface area contributed by atoms with Gasteiger partial charge in [-0.15, -0.1) is 0 Å². The highest BCUT2D eigenvalue weighted by atomic mass is 16.5. The van der Waals surface area contributed by atoms with Gasteiger partial charge in [0.2, 0.25) is 11.8 Å². The highest BCUT2D eigenvalue weighted by molar-refractivity contribution is 5.96. The van der Waals surface area contributed by atoms with E-state index in [0.29, 0.717) is 12.8 Å². The van der Waals surface area contributed by atoms with Crippen molar-refractivity contribution in [1.82, 2.24) is 4.90 Å². The molecule has 3 rings (SSSR count). The van der Waals surface area contributed by atoms with E-state index in [9.17, 15) is 9.59 Å². The van der Waals surface area contributed by atoms with Crippen LogP contribution >= 0.6 is 0 Å². The molecule has 5 nitrogen and oxygen atoms in total. The molecule has 1 aromatic carbocycles. The van der Waals surface area contributed by atoms with E-state index in [-0.39, 0.29) is 23.7 Å². The summed E-state index contributed by atoms with van der Waals surface area (Å²) in [6, 6.07) is 7.26. The molecule has 1 aliphatic carbocycles. The Bertz CT molecular complexity index is 633. The minimum Gasteiger partial charge on any atom is -0.497 e. The maximum Gasteiger partial charge on any atom is 0.228 e. The van der Waals surface area contributed by atoms with E-state index in [4.69, 9.17) is 4.74 Å². The maximum atomic E-state index is 12.9. The van der Waals surface area contributed by atoms with Gasteiger partial charge in [0, 0.05) is 18.8 Å². The van der Waals surface area contributed by atoms with Crippen molar-refractivity contribution in [1.29, 1.82) is 0 Å². The van der Waals surface area contributed by atoms with Gasteiger partial charge in [-0.1, -0.05) is 12.2 Å². The van der Waals surface area contributed by atoms with Crippen LogP contribution in [0.4, 0.5) is 5.69 Å². The molecule has 2 aliphatic rings. The second-order valence-corrected chi connectivity index (χ2v) is 6.76. The van der Waals surface area contributed by atoms with Crippen LogP contribution in [0.2, 0.25) is 0 Å². The second-order valence-electron chi connectivity index (χ2n) is 6.76. The Balaban J connectivity index is 1.67. The molecule has 1 N–H and O–H groups in total. The number of likely N-dealkylation sites (tertiary alicyclic amines) is 1. The van der Waals surface area contributed by atoms with Crippen LogP contribution in [-0.4, -0.2) is 36.9 Å². The summed E-state index contributed by atoms with van der Waals surface area (Å²) in [6.07, 6.45) is 8.63. The summed E-state index contributed by atoms with van der Waals surface area (Å²) in [7, 11) is 1.61. The van der Waals surface area contributed by atoms with Gasteiger partial charge in [-0.2, -0.15) is 0 Å². The predicted molar refractivity (Wildman–Crippen MR) is 97.4 cm³/mol. The molecule has 25 heavy (non-hydrogen) atoms. The van der Waals surface area contributed by atoms with Crippen molar-refractivity contribution in [3.8, 4) is 5.75 Å². The van der Waals surface area contributed by atoms with Crippen molar-refractivity contribution >= 4 is 17.5 Å². The molecule has 1 aliphatic heterocycles. The molecule has 1 fully saturated rings. The lowest BCUT2D eigenvalue weighted by atomic mass is 9.81.